The van der Waals surface area contributed by atoms with E-state index >= 15 is 0 Å². The zero-order chi connectivity index (χ0) is 23.1. The van der Waals surface area contributed by atoms with E-state index in [2.05, 4.69) is 14.9 Å². The monoisotopic (exact) mass is 444 g/mol. The van der Waals surface area contributed by atoms with Crippen molar-refractivity contribution in [2.24, 2.45) is 0 Å². The van der Waals surface area contributed by atoms with Gasteiger partial charge in [-0.2, -0.15) is 5.26 Å². The van der Waals surface area contributed by atoms with Gasteiger partial charge < -0.3 is 9.84 Å². The first-order valence-electron chi connectivity index (χ1n) is 10.7. The molecule has 1 unspecified atom stereocenters. The van der Waals surface area contributed by atoms with Crippen LogP contribution in [0, 0.1) is 24.1 Å². The molecule has 0 saturated heterocycles. The number of esters is 1. The third-order valence-electron chi connectivity index (χ3n) is 6.35. The number of nitriles is 1. The number of halogens is 1. The van der Waals surface area contributed by atoms with Crippen LogP contribution in [0.3, 0.4) is 0 Å². The van der Waals surface area contributed by atoms with Crippen molar-refractivity contribution in [2.45, 2.75) is 32.6 Å². The molecule has 0 amide bonds. The largest absolute Gasteiger partial charge is 0.457 e. The molecular formula is C25H21FN4O3. The Labute approximate surface area is 190 Å². The molecule has 3 aromatic rings. The second kappa shape index (κ2) is 8.35. The second-order valence-electron chi connectivity index (χ2n) is 8.35. The molecule has 2 aromatic carbocycles. The molecule has 1 N–H and O–H groups in total. The van der Waals surface area contributed by atoms with Crippen LogP contribution in [0.5, 0.6) is 0 Å². The predicted octanol–water partition coefficient (Wildman–Crippen LogP) is 3.22. The Morgan fingerprint density at radius 3 is 2.91 bits per heavy atom. The number of aliphatic hydroxyl groups is 1. The quantitative estimate of drug-likeness (QED) is 0.617. The summed E-state index contributed by atoms with van der Waals surface area (Å²) < 4.78 is 19.5. The van der Waals surface area contributed by atoms with Crippen LogP contribution < -0.4 is 0 Å². The first-order chi connectivity index (χ1) is 15.9. The van der Waals surface area contributed by atoms with Crippen molar-refractivity contribution in [3.05, 3.63) is 81.4 Å². The van der Waals surface area contributed by atoms with Crippen molar-refractivity contribution in [2.75, 3.05) is 13.1 Å². The van der Waals surface area contributed by atoms with E-state index in [0.717, 1.165) is 27.9 Å². The van der Waals surface area contributed by atoms with Crippen molar-refractivity contribution in [1.29, 1.82) is 5.26 Å². The predicted molar refractivity (Wildman–Crippen MR) is 116 cm³/mol. The highest BCUT2D eigenvalue weighted by molar-refractivity contribution is 5.93. The fourth-order valence-corrected chi connectivity index (χ4v) is 4.50. The highest BCUT2D eigenvalue weighted by atomic mass is 19.1. The Morgan fingerprint density at radius 1 is 1.30 bits per heavy atom. The smallest absolute Gasteiger partial charge is 0.338 e. The van der Waals surface area contributed by atoms with Crippen molar-refractivity contribution in [3.63, 3.8) is 0 Å². The SMILES string of the molecule is Cc1c(C(O)CN2CCc3nc(-c4ccc(C#N)cc4F)ncc3C2)ccc2c1COC2=O. The molecule has 3 heterocycles. The molecule has 0 spiro atoms. The van der Waals surface area contributed by atoms with E-state index in [1.54, 1.807) is 24.4 Å². The van der Waals surface area contributed by atoms with Gasteiger partial charge in [0.15, 0.2) is 5.82 Å². The van der Waals surface area contributed by atoms with Crippen LogP contribution in [-0.4, -0.2) is 39.0 Å². The zero-order valence-electron chi connectivity index (χ0n) is 18.0. The number of β-amino-alcohol motifs (C(OH)–C–C–N with tert-alkyl or cyclic N) is 1. The Bertz CT molecular complexity index is 1320. The zero-order valence-corrected chi connectivity index (χ0v) is 18.0. The van der Waals surface area contributed by atoms with Gasteiger partial charge in [-0.05, 0) is 42.3 Å². The van der Waals surface area contributed by atoms with E-state index < -0.39 is 11.9 Å². The van der Waals surface area contributed by atoms with Gasteiger partial charge in [0.2, 0.25) is 0 Å². The van der Waals surface area contributed by atoms with Crippen LogP contribution in [0.4, 0.5) is 4.39 Å². The minimum atomic E-state index is -0.708. The van der Waals surface area contributed by atoms with Gasteiger partial charge in [-0.15, -0.1) is 0 Å². The minimum absolute atomic E-state index is 0.247. The lowest BCUT2D eigenvalue weighted by atomic mass is 9.95. The van der Waals surface area contributed by atoms with E-state index in [1.807, 2.05) is 13.0 Å². The number of carbonyl (C=O) groups excluding carboxylic acids is 1. The molecule has 1 atom stereocenters. The summed E-state index contributed by atoms with van der Waals surface area (Å²) in [7, 11) is 0. The highest BCUT2D eigenvalue weighted by Crippen LogP contribution is 2.30. The molecule has 7 nitrogen and oxygen atoms in total. The van der Waals surface area contributed by atoms with Gasteiger partial charge in [-0.3, -0.25) is 4.90 Å². The lowest BCUT2D eigenvalue weighted by Gasteiger charge is -2.30. The number of fused-ring (bicyclic) bond motifs is 2. The topological polar surface area (TPSA) is 99.3 Å². The highest BCUT2D eigenvalue weighted by Gasteiger charge is 2.27. The van der Waals surface area contributed by atoms with Crippen LogP contribution in [-0.2, 0) is 24.3 Å². The van der Waals surface area contributed by atoms with E-state index in [0.29, 0.717) is 37.4 Å². The van der Waals surface area contributed by atoms with Gasteiger partial charge in [0.05, 0.1) is 34.6 Å². The molecule has 2 aliphatic heterocycles. The molecule has 1 aromatic heterocycles. The standard InChI is InChI=1S/C25H21FN4O3/c1-14-17(4-5-18-20(14)13-33-25(18)32)23(31)12-30-7-6-22-16(11-30)10-28-24(29-22)19-3-2-15(9-27)8-21(19)26/h2-5,8,10,23,31H,6-7,11-13H2,1H3. The second-order valence-corrected chi connectivity index (χ2v) is 8.35. The molecule has 0 bridgehead atoms. The number of nitrogens with zero attached hydrogens (tertiary/aromatic N) is 4. The Balaban J connectivity index is 1.31. The molecule has 5 rings (SSSR count). The Hall–Kier alpha value is -3.67. The van der Waals surface area contributed by atoms with Gasteiger partial charge >= 0.3 is 5.97 Å². The van der Waals surface area contributed by atoms with Crippen LogP contribution >= 0.6 is 0 Å². The van der Waals surface area contributed by atoms with Gasteiger partial charge in [-0.25, -0.2) is 19.2 Å². The molecule has 0 aliphatic carbocycles. The number of aliphatic hydroxyl groups excluding tert-OH is 1. The molecule has 2 aliphatic rings. The number of hydrogen-bond donors (Lipinski definition) is 1. The number of ether oxygens (including phenoxy) is 1. The Morgan fingerprint density at radius 2 is 2.12 bits per heavy atom. The summed E-state index contributed by atoms with van der Waals surface area (Å²) in [5, 5.41) is 19.8. The number of cyclic esters (lactones) is 1. The normalized spacial score (nSPS) is 16.0. The first-order valence-corrected chi connectivity index (χ1v) is 10.7. The van der Waals surface area contributed by atoms with Gasteiger partial charge in [0.1, 0.15) is 12.4 Å². The first kappa shape index (κ1) is 21.2. The molecule has 166 valence electrons. The molecular weight excluding hydrogens is 423 g/mol. The average Bonchev–Trinajstić information content (AvgIpc) is 3.20. The maximum Gasteiger partial charge on any atom is 0.338 e. The average molecular weight is 444 g/mol. The lowest BCUT2D eigenvalue weighted by Crippen LogP contribution is -2.34. The molecule has 33 heavy (non-hydrogen) atoms. The summed E-state index contributed by atoms with van der Waals surface area (Å²) in [6, 6.07) is 9.70. The van der Waals surface area contributed by atoms with E-state index in [1.165, 1.54) is 12.1 Å². The maximum atomic E-state index is 14.4. The van der Waals surface area contributed by atoms with Gasteiger partial charge in [-0.1, -0.05) is 6.07 Å². The van der Waals surface area contributed by atoms with Crippen molar-refractivity contribution < 1.29 is 19.0 Å². The lowest BCUT2D eigenvalue weighted by molar-refractivity contribution is 0.0535. The van der Waals surface area contributed by atoms with Crippen LogP contribution in [0.1, 0.15) is 50.0 Å². The van der Waals surface area contributed by atoms with Crippen LogP contribution in [0.25, 0.3) is 11.4 Å². The van der Waals surface area contributed by atoms with Crippen molar-refractivity contribution in [1.82, 2.24) is 14.9 Å². The third-order valence-corrected chi connectivity index (χ3v) is 6.35. The molecule has 0 radical (unpaired) electrons. The maximum absolute atomic E-state index is 14.4. The fraction of sp³-hybridized carbons (Fsp3) is 0.280. The van der Waals surface area contributed by atoms with Gasteiger partial charge in [0, 0.05) is 43.4 Å². The summed E-state index contributed by atoms with van der Waals surface area (Å²) in [5.41, 5.74) is 5.42. The summed E-state index contributed by atoms with van der Waals surface area (Å²) in [5.74, 6) is -0.539. The molecule has 8 heteroatoms. The van der Waals surface area contributed by atoms with Gasteiger partial charge in [0.25, 0.3) is 0 Å². The summed E-state index contributed by atoms with van der Waals surface area (Å²) >= 11 is 0. The van der Waals surface area contributed by atoms with Crippen molar-refractivity contribution in [3.8, 4) is 17.5 Å². The number of carbonyl (C=O) groups is 1. The minimum Gasteiger partial charge on any atom is -0.457 e. The summed E-state index contributed by atoms with van der Waals surface area (Å²) in [4.78, 5) is 22.8. The van der Waals surface area contributed by atoms with Crippen LogP contribution in [0.2, 0.25) is 0 Å². The number of hydrogen-bond acceptors (Lipinski definition) is 7. The van der Waals surface area contributed by atoms with Crippen molar-refractivity contribution >= 4 is 5.97 Å². The number of benzene rings is 2. The third kappa shape index (κ3) is 3.86. The molecule has 0 fully saturated rings. The van der Waals surface area contributed by atoms with Crippen LogP contribution in [0.15, 0.2) is 36.5 Å². The summed E-state index contributed by atoms with van der Waals surface area (Å²) in [6.07, 6.45) is 1.65. The molecule has 0 saturated carbocycles. The summed E-state index contributed by atoms with van der Waals surface area (Å²) in [6.45, 7) is 3.86. The Kier molecular flexibility index (Phi) is 5.36. The number of rotatable bonds is 4. The fourth-order valence-electron chi connectivity index (χ4n) is 4.50. The van der Waals surface area contributed by atoms with E-state index in [4.69, 9.17) is 10.00 Å². The number of aromatic nitrogens is 2. The van der Waals surface area contributed by atoms with E-state index in [9.17, 15) is 14.3 Å². The van der Waals surface area contributed by atoms with E-state index in [-0.39, 0.29) is 23.7 Å².